The third kappa shape index (κ3) is 7.57. The summed E-state index contributed by atoms with van der Waals surface area (Å²) in [6.07, 6.45) is -0.237. The molecular weight excluding hydrogens is 258 g/mol. The van der Waals surface area contributed by atoms with Crippen LogP contribution in [0.3, 0.4) is 0 Å². The van der Waals surface area contributed by atoms with Gasteiger partial charge in [0.15, 0.2) is 0 Å². The average molecular weight is 283 g/mol. The highest BCUT2D eigenvalue weighted by atomic mass is 32.2. The van der Waals surface area contributed by atoms with E-state index < -0.39 is 6.10 Å². The maximum Gasteiger partial charge on any atom is 0.0867 e. The zero-order chi connectivity index (χ0) is 14.1. The number of aliphatic hydroxyl groups excluding tert-OH is 1. The van der Waals surface area contributed by atoms with Crippen molar-refractivity contribution in [3.05, 3.63) is 29.8 Å². The Balaban J connectivity index is 2.29. The molecule has 2 N–H and O–H groups in total. The lowest BCUT2D eigenvalue weighted by Gasteiger charge is -2.13. The zero-order valence-corrected chi connectivity index (χ0v) is 12.9. The fourth-order valence-electron chi connectivity index (χ4n) is 1.52. The topological polar surface area (TPSA) is 41.5 Å². The number of thioether (sulfide) groups is 1. The van der Waals surface area contributed by atoms with Crippen LogP contribution in [0.25, 0.3) is 0 Å². The van der Waals surface area contributed by atoms with Crippen molar-refractivity contribution >= 4 is 11.8 Å². The molecule has 4 heteroatoms. The molecule has 0 aliphatic carbocycles. The Bertz CT molecular complexity index is 341. The summed E-state index contributed by atoms with van der Waals surface area (Å²) >= 11 is 1.66. The SMILES string of the molecule is CCNCc1ccc(SCC(O)COC(C)C)cc1. The van der Waals surface area contributed by atoms with E-state index in [9.17, 15) is 5.11 Å². The molecule has 19 heavy (non-hydrogen) atoms. The number of ether oxygens (including phenoxy) is 1. The van der Waals surface area contributed by atoms with Crippen LogP contribution in [0, 0.1) is 0 Å². The second-order valence-electron chi connectivity index (χ2n) is 4.77. The predicted molar refractivity (Wildman–Crippen MR) is 81.6 cm³/mol. The van der Waals surface area contributed by atoms with Gasteiger partial charge < -0.3 is 15.2 Å². The first-order chi connectivity index (χ1) is 9.11. The predicted octanol–water partition coefficient (Wildman–Crippen LogP) is 2.67. The minimum absolute atomic E-state index is 0.171. The molecule has 108 valence electrons. The Morgan fingerprint density at radius 2 is 1.95 bits per heavy atom. The molecule has 1 unspecified atom stereocenters. The van der Waals surface area contributed by atoms with Crippen LogP contribution >= 0.6 is 11.8 Å². The Morgan fingerprint density at radius 3 is 2.53 bits per heavy atom. The van der Waals surface area contributed by atoms with E-state index in [0.717, 1.165) is 13.1 Å². The Morgan fingerprint density at radius 1 is 1.26 bits per heavy atom. The van der Waals surface area contributed by atoms with Crippen LogP contribution in [0.1, 0.15) is 26.3 Å². The van der Waals surface area contributed by atoms with Crippen molar-refractivity contribution in [2.24, 2.45) is 0 Å². The fraction of sp³-hybridized carbons (Fsp3) is 0.600. The smallest absolute Gasteiger partial charge is 0.0867 e. The molecule has 0 aliphatic heterocycles. The summed E-state index contributed by atoms with van der Waals surface area (Å²) in [6.45, 7) is 8.35. The van der Waals surface area contributed by atoms with Crippen LogP contribution in [0.2, 0.25) is 0 Å². The molecule has 0 aromatic heterocycles. The van der Waals surface area contributed by atoms with Gasteiger partial charge in [0.2, 0.25) is 0 Å². The first-order valence-electron chi connectivity index (χ1n) is 6.84. The van der Waals surface area contributed by atoms with Crippen molar-refractivity contribution < 1.29 is 9.84 Å². The van der Waals surface area contributed by atoms with E-state index in [1.807, 2.05) is 13.8 Å². The summed E-state index contributed by atoms with van der Waals surface area (Å²) in [5.41, 5.74) is 1.29. The number of aliphatic hydroxyl groups is 1. The van der Waals surface area contributed by atoms with Gasteiger partial charge in [0.05, 0.1) is 18.8 Å². The Hall–Kier alpha value is -0.550. The Kier molecular flexibility index (Phi) is 8.14. The lowest BCUT2D eigenvalue weighted by molar-refractivity contribution is 0.0152. The molecule has 1 atom stereocenters. The quantitative estimate of drug-likeness (QED) is 0.684. The highest BCUT2D eigenvalue weighted by molar-refractivity contribution is 7.99. The summed E-state index contributed by atoms with van der Waals surface area (Å²) in [5, 5.41) is 13.1. The van der Waals surface area contributed by atoms with Crippen LogP contribution in [-0.2, 0) is 11.3 Å². The van der Waals surface area contributed by atoms with Gasteiger partial charge in [-0.15, -0.1) is 11.8 Å². The largest absolute Gasteiger partial charge is 0.390 e. The van der Waals surface area contributed by atoms with E-state index in [-0.39, 0.29) is 6.10 Å². The molecule has 0 heterocycles. The van der Waals surface area contributed by atoms with Gasteiger partial charge >= 0.3 is 0 Å². The second kappa shape index (κ2) is 9.37. The highest BCUT2D eigenvalue weighted by Crippen LogP contribution is 2.19. The molecule has 1 rings (SSSR count). The van der Waals surface area contributed by atoms with Gasteiger partial charge in [-0.25, -0.2) is 0 Å². The minimum Gasteiger partial charge on any atom is -0.390 e. The summed E-state index contributed by atoms with van der Waals surface area (Å²) < 4.78 is 5.38. The maximum absolute atomic E-state index is 9.77. The molecule has 0 saturated carbocycles. The molecule has 0 aliphatic rings. The molecule has 0 radical (unpaired) electrons. The molecule has 1 aromatic carbocycles. The standard InChI is InChI=1S/C15H25NO2S/c1-4-16-9-13-5-7-15(8-6-13)19-11-14(17)10-18-12(2)3/h5-8,12,14,16-17H,4,9-11H2,1-3H3. The molecular formula is C15H25NO2S. The average Bonchev–Trinajstić information content (AvgIpc) is 2.41. The van der Waals surface area contributed by atoms with Crippen molar-refractivity contribution in [3.8, 4) is 0 Å². The van der Waals surface area contributed by atoms with Crippen molar-refractivity contribution in [1.29, 1.82) is 0 Å². The van der Waals surface area contributed by atoms with Crippen molar-refractivity contribution in [3.63, 3.8) is 0 Å². The first kappa shape index (κ1) is 16.5. The van der Waals surface area contributed by atoms with E-state index in [0.29, 0.717) is 12.4 Å². The van der Waals surface area contributed by atoms with Gasteiger partial charge in [0, 0.05) is 17.2 Å². The summed E-state index contributed by atoms with van der Waals surface area (Å²) in [7, 11) is 0. The van der Waals surface area contributed by atoms with E-state index in [2.05, 4.69) is 36.5 Å². The van der Waals surface area contributed by atoms with Crippen LogP contribution in [0.15, 0.2) is 29.2 Å². The van der Waals surface area contributed by atoms with E-state index >= 15 is 0 Å². The number of benzene rings is 1. The molecule has 0 saturated heterocycles. The second-order valence-corrected chi connectivity index (χ2v) is 5.86. The fourth-order valence-corrected chi connectivity index (χ4v) is 2.33. The number of hydrogen-bond donors (Lipinski definition) is 2. The monoisotopic (exact) mass is 283 g/mol. The van der Waals surface area contributed by atoms with Gasteiger partial charge in [0.25, 0.3) is 0 Å². The number of rotatable bonds is 9. The third-order valence-corrected chi connectivity index (χ3v) is 3.72. The van der Waals surface area contributed by atoms with Gasteiger partial charge in [-0.05, 0) is 38.1 Å². The third-order valence-electron chi connectivity index (χ3n) is 2.57. The molecule has 0 amide bonds. The number of hydrogen-bond acceptors (Lipinski definition) is 4. The van der Waals surface area contributed by atoms with E-state index in [4.69, 9.17) is 4.74 Å². The molecule has 0 bridgehead atoms. The van der Waals surface area contributed by atoms with Crippen molar-refractivity contribution in [1.82, 2.24) is 5.32 Å². The summed E-state index contributed by atoms with van der Waals surface area (Å²) in [4.78, 5) is 1.18. The zero-order valence-electron chi connectivity index (χ0n) is 12.1. The normalized spacial score (nSPS) is 12.9. The molecule has 1 aromatic rings. The number of nitrogens with one attached hydrogen (secondary N) is 1. The summed E-state index contributed by atoms with van der Waals surface area (Å²) in [5.74, 6) is 0.666. The highest BCUT2D eigenvalue weighted by Gasteiger charge is 2.06. The minimum atomic E-state index is -0.408. The van der Waals surface area contributed by atoms with Gasteiger partial charge in [0.1, 0.15) is 0 Å². The van der Waals surface area contributed by atoms with Crippen LogP contribution in [-0.4, -0.2) is 36.2 Å². The van der Waals surface area contributed by atoms with Crippen LogP contribution in [0.5, 0.6) is 0 Å². The van der Waals surface area contributed by atoms with Crippen molar-refractivity contribution in [2.45, 2.75) is 44.4 Å². The van der Waals surface area contributed by atoms with E-state index in [1.54, 1.807) is 11.8 Å². The molecule has 3 nitrogen and oxygen atoms in total. The lowest BCUT2D eigenvalue weighted by Crippen LogP contribution is -2.20. The summed E-state index contributed by atoms with van der Waals surface area (Å²) in [6, 6.07) is 8.46. The lowest BCUT2D eigenvalue weighted by atomic mass is 10.2. The molecule has 0 fully saturated rings. The van der Waals surface area contributed by atoms with Gasteiger partial charge in [-0.2, -0.15) is 0 Å². The Labute approximate surface area is 120 Å². The van der Waals surface area contributed by atoms with Gasteiger partial charge in [-0.1, -0.05) is 19.1 Å². The first-order valence-corrected chi connectivity index (χ1v) is 7.82. The van der Waals surface area contributed by atoms with Crippen LogP contribution < -0.4 is 5.32 Å². The maximum atomic E-state index is 9.77. The molecule has 0 spiro atoms. The van der Waals surface area contributed by atoms with Gasteiger partial charge in [-0.3, -0.25) is 0 Å². The van der Waals surface area contributed by atoms with Crippen molar-refractivity contribution in [2.75, 3.05) is 18.9 Å². The van der Waals surface area contributed by atoms with Crippen LogP contribution in [0.4, 0.5) is 0 Å². The van der Waals surface area contributed by atoms with E-state index in [1.165, 1.54) is 10.5 Å².